The summed E-state index contributed by atoms with van der Waals surface area (Å²) in [5.41, 5.74) is 1.06. The Kier molecular flexibility index (Phi) is 4.07. The molecule has 0 aromatic carbocycles. The van der Waals surface area contributed by atoms with Crippen LogP contribution in [0, 0.1) is 0 Å². The van der Waals surface area contributed by atoms with E-state index in [2.05, 4.69) is 15.0 Å². The van der Waals surface area contributed by atoms with Crippen molar-refractivity contribution in [3.8, 4) is 0 Å². The van der Waals surface area contributed by atoms with Crippen LogP contribution in [0.15, 0.2) is 24.5 Å². The molecule has 0 aliphatic rings. The number of carbonyl (C=O) groups excluding carboxylic acids is 1. The van der Waals surface area contributed by atoms with Crippen molar-refractivity contribution in [1.82, 2.24) is 10.3 Å². The lowest BCUT2D eigenvalue weighted by molar-refractivity contribution is -0.142. The first-order valence-electron chi connectivity index (χ1n) is 4.42. The van der Waals surface area contributed by atoms with E-state index in [1.807, 2.05) is 12.1 Å². The summed E-state index contributed by atoms with van der Waals surface area (Å²) in [5.74, 6) is -0.246. The minimum absolute atomic E-state index is 0.246. The zero-order chi connectivity index (χ0) is 10.4. The van der Waals surface area contributed by atoms with Crippen molar-refractivity contribution >= 4 is 5.97 Å². The van der Waals surface area contributed by atoms with Gasteiger partial charge >= 0.3 is 5.97 Å². The Bertz CT molecular complexity index is 287. The summed E-state index contributed by atoms with van der Waals surface area (Å²) in [4.78, 5) is 15.2. The molecule has 14 heavy (non-hydrogen) atoms. The third-order valence-electron chi connectivity index (χ3n) is 2.02. The fourth-order valence-corrected chi connectivity index (χ4v) is 1.20. The highest BCUT2D eigenvalue weighted by molar-refractivity contribution is 5.75. The summed E-state index contributed by atoms with van der Waals surface area (Å²) in [7, 11) is 3.13. The number of nitrogens with zero attached hydrogens (tertiary/aromatic N) is 1. The standard InChI is InChI=1S/C10H14N2O2/c1-11-9(10(13)14-2)7-8-3-5-12-6-4-8/h3-6,9,11H,7H2,1-2H3. The second-order valence-corrected chi connectivity index (χ2v) is 2.92. The Hall–Kier alpha value is -1.42. The molecule has 1 heterocycles. The summed E-state index contributed by atoms with van der Waals surface area (Å²) >= 11 is 0. The van der Waals surface area contributed by atoms with Crippen molar-refractivity contribution in [2.45, 2.75) is 12.5 Å². The molecule has 0 saturated heterocycles. The second-order valence-electron chi connectivity index (χ2n) is 2.92. The Balaban J connectivity index is 2.62. The van der Waals surface area contributed by atoms with Gasteiger partial charge in [-0.15, -0.1) is 0 Å². The lowest BCUT2D eigenvalue weighted by Gasteiger charge is -2.12. The molecule has 0 saturated carbocycles. The van der Waals surface area contributed by atoms with E-state index in [-0.39, 0.29) is 12.0 Å². The Morgan fingerprint density at radius 1 is 1.57 bits per heavy atom. The van der Waals surface area contributed by atoms with Crippen LogP contribution < -0.4 is 5.32 Å². The predicted octanol–water partition coefficient (Wildman–Crippen LogP) is 0.385. The summed E-state index contributed by atoms with van der Waals surface area (Å²) in [6.07, 6.45) is 4.03. The average molecular weight is 194 g/mol. The van der Waals surface area contributed by atoms with Crippen molar-refractivity contribution in [3.63, 3.8) is 0 Å². The van der Waals surface area contributed by atoms with Crippen molar-refractivity contribution < 1.29 is 9.53 Å². The number of hydrogen-bond acceptors (Lipinski definition) is 4. The van der Waals surface area contributed by atoms with Crippen molar-refractivity contribution in [2.75, 3.05) is 14.2 Å². The van der Waals surface area contributed by atoms with E-state index in [0.717, 1.165) is 5.56 Å². The number of pyridine rings is 1. The molecule has 1 aromatic rings. The zero-order valence-electron chi connectivity index (χ0n) is 8.36. The average Bonchev–Trinajstić information content (AvgIpc) is 2.26. The van der Waals surface area contributed by atoms with Gasteiger partial charge in [0.25, 0.3) is 0 Å². The van der Waals surface area contributed by atoms with Gasteiger partial charge in [-0.1, -0.05) is 0 Å². The van der Waals surface area contributed by atoms with Crippen LogP contribution in [0.1, 0.15) is 5.56 Å². The molecule has 0 aliphatic carbocycles. The highest BCUT2D eigenvalue weighted by atomic mass is 16.5. The molecular formula is C10H14N2O2. The van der Waals surface area contributed by atoms with Crippen LogP contribution in [0.2, 0.25) is 0 Å². The van der Waals surface area contributed by atoms with Crippen LogP contribution in [0.3, 0.4) is 0 Å². The van der Waals surface area contributed by atoms with E-state index in [4.69, 9.17) is 0 Å². The van der Waals surface area contributed by atoms with Crippen molar-refractivity contribution in [3.05, 3.63) is 30.1 Å². The number of hydrogen-bond donors (Lipinski definition) is 1. The van der Waals surface area contributed by atoms with E-state index in [0.29, 0.717) is 6.42 Å². The maximum atomic E-state index is 11.2. The van der Waals surface area contributed by atoms with E-state index in [1.165, 1.54) is 7.11 Å². The van der Waals surface area contributed by atoms with Crippen LogP contribution in [-0.4, -0.2) is 31.2 Å². The van der Waals surface area contributed by atoms with Crippen molar-refractivity contribution in [1.29, 1.82) is 0 Å². The molecule has 0 spiro atoms. The van der Waals surface area contributed by atoms with Gasteiger partial charge in [0.15, 0.2) is 0 Å². The Morgan fingerprint density at radius 2 is 2.21 bits per heavy atom. The van der Waals surface area contributed by atoms with Crippen molar-refractivity contribution in [2.24, 2.45) is 0 Å². The summed E-state index contributed by atoms with van der Waals surface area (Å²) in [6.45, 7) is 0. The minimum atomic E-state index is -0.289. The van der Waals surface area contributed by atoms with Gasteiger partial charge in [-0.25, -0.2) is 0 Å². The molecular weight excluding hydrogens is 180 g/mol. The van der Waals surface area contributed by atoms with Gasteiger partial charge in [0.05, 0.1) is 7.11 Å². The largest absolute Gasteiger partial charge is 0.468 e. The highest BCUT2D eigenvalue weighted by Gasteiger charge is 2.16. The summed E-state index contributed by atoms with van der Waals surface area (Å²) < 4.78 is 4.66. The Morgan fingerprint density at radius 3 is 2.71 bits per heavy atom. The smallest absolute Gasteiger partial charge is 0.323 e. The van der Waals surface area contributed by atoms with Crippen LogP contribution in [0.5, 0.6) is 0 Å². The minimum Gasteiger partial charge on any atom is -0.468 e. The molecule has 4 nitrogen and oxygen atoms in total. The maximum absolute atomic E-state index is 11.2. The molecule has 1 atom stereocenters. The SMILES string of the molecule is CNC(Cc1ccncc1)C(=O)OC. The zero-order valence-corrected chi connectivity index (χ0v) is 8.36. The lowest BCUT2D eigenvalue weighted by Crippen LogP contribution is -2.36. The molecule has 76 valence electrons. The van der Waals surface area contributed by atoms with E-state index < -0.39 is 0 Å². The molecule has 0 amide bonds. The van der Waals surface area contributed by atoms with Gasteiger partial charge in [-0.05, 0) is 31.2 Å². The second kappa shape index (κ2) is 5.34. The highest BCUT2D eigenvalue weighted by Crippen LogP contribution is 2.02. The van der Waals surface area contributed by atoms with Gasteiger partial charge < -0.3 is 10.1 Å². The summed E-state index contributed by atoms with van der Waals surface area (Å²) in [6, 6.07) is 3.47. The fourth-order valence-electron chi connectivity index (χ4n) is 1.20. The van der Waals surface area contributed by atoms with E-state index in [1.54, 1.807) is 19.4 Å². The lowest BCUT2D eigenvalue weighted by atomic mass is 10.1. The first-order chi connectivity index (χ1) is 6.77. The molecule has 1 unspecified atom stereocenters. The maximum Gasteiger partial charge on any atom is 0.323 e. The monoisotopic (exact) mass is 194 g/mol. The molecule has 1 rings (SSSR count). The third-order valence-corrected chi connectivity index (χ3v) is 2.02. The predicted molar refractivity (Wildman–Crippen MR) is 52.8 cm³/mol. The molecule has 0 fully saturated rings. The quantitative estimate of drug-likeness (QED) is 0.704. The molecule has 1 N–H and O–H groups in total. The first kappa shape index (κ1) is 10.7. The van der Waals surface area contributed by atoms with Gasteiger partial charge in [0.1, 0.15) is 6.04 Å². The normalized spacial score (nSPS) is 12.1. The summed E-state index contributed by atoms with van der Waals surface area (Å²) in [5, 5.41) is 2.91. The van der Waals surface area contributed by atoms with Gasteiger partial charge in [0.2, 0.25) is 0 Å². The number of likely N-dealkylation sites (N-methyl/N-ethyl adjacent to an activating group) is 1. The molecule has 1 aromatic heterocycles. The number of esters is 1. The van der Waals surface area contributed by atoms with Crippen LogP contribution in [0.4, 0.5) is 0 Å². The van der Waals surface area contributed by atoms with Crippen LogP contribution in [-0.2, 0) is 16.0 Å². The number of aromatic nitrogens is 1. The van der Waals surface area contributed by atoms with E-state index >= 15 is 0 Å². The fraction of sp³-hybridized carbons (Fsp3) is 0.400. The van der Waals surface area contributed by atoms with Gasteiger partial charge in [0, 0.05) is 12.4 Å². The number of methoxy groups -OCH3 is 1. The molecule has 4 heteroatoms. The first-order valence-corrected chi connectivity index (χ1v) is 4.42. The number of ether oxygens (including phenoxy) is 1. The number of rotatable bonds is 4. The van der Waals surface area contributed by atoms with Gasteiger partial charge in [-0.3, -0.25) is 9.78 Å². The molecule has 0 radical (unpaired) electrons. The molecule has 0 bridgehead atoms. The number of nitrogens with one attached hydrogen (secondary N) is 1. The van der Waals surface area contributed by atoms with Gasteiger partial charge in [-0.2, -0.15) is 0 Å². The topological polar surface area (TPSA) is 51.2 Å². The van der Waals surface area contributed by atoms with Crippen LogP contribution in [0.25, 0.3) is 0 Å². The van der Waals surface area contributed by atoms with E-state index in [9.17, 15) is 4.79 Å². The Labute approximate surface area is 83.3 Å². The van der Waals surface area contributed by atoms with Crippen LogP contribution >= 0.6 is 0 Å². The number of carbonyl (C=O) groups is 1. The third kappa shape index (κ3) is 2.81. The molecule has 0 aliphatic heterocycles.